The van der Waals surface area contributed by atoms with Crippen molar-refractivity contribution in [2.24, 2.45) is 0 Å². The molecule has 0 bridgehead atoms. The van der Waals surface area contributed by atoms with Crippen LogP contribution in [0.4, 0.5) is 14.5 Å². The Bertz CT molecular complexity index is 629. The molecule has 2 aromatic rings. The molecular weight excluding hydrogens is 264 g/mol. The van der Waals surface area contributed by atoms with Crippen LogP contribution in [0.2, 0.25) is 0 Å². The Hall–Kier alpha value is -2.43. The molecule has 0 aliphatic carbocycles. The summed E-state index contributed by atoms with van der Waals surface area (Å²) in [5, 5.41) is 2.85. The lowest BCUT2D eigenvalue weighted by Gasteiger charge is -2.11. The molecule has 0 fully saturated rings. The maximum absolute atomic E-state index is 13.5. The van der Waals surface area contributed by atoms with Crippen LogP contribution in [-0.2, 0) is 11.3 Å². The van der Waals surface area contributed by atoms with Gasteiger partial charge in [-0.2, -0.15) is 0 Å². The van der Waals surface area contributed by atoms with E-state index < -0.39 is 11.8 Å². The van der Waals surface area contributed by atoms with Crippen LogP contribution in [0, 0.1) is 11.6 Å². The van der Waals surface area contributed by atoms with E-state index in [-0.39, 0.29) is 23.6 Å². The van der Waals surface area contributed by atoms with E-state index in [0.29, 0.717) is 5.56 Å². The highest BCUT2D eigenvalue weighted by Gasteiger charge is 2.13. The Morgan fingerprint density at radius 2 is 1.95 bits per heavy atom. The number of nitrogens with one attached hydrogen (secondary N) is 1. The van der Waals surface area contributed by atoms with Crippen molar-refractivity contribution in [2.75, 3.05) is 12.4 Å². The van der Waals surface area contributed by atoms with Crippen LogP contribution >= 0.6 is 0 Å². The lowest BCUT2D eigenvalue weighted by Crippen LogP contribution is -2.09. The number of ether oxygens (including phenoxy) is 1. The smallest absolute Gasteiger partial charge is 0.339 e. The van der Waals surface area contributed by atoms with E-state index in [1.165, 1.54) is 31.4 Å². The molecule has 0 saturated heterocycles. The summed E-state index contributed by atoms with van der Waals surface area (Å²) in [7, 11) is 1.24. The van der Waals surface area contributed by atoms with E-state index in [1.807, 2.05) is 0 Å². The molecule has 0 heterocycles. The number of anilines is 1. The molecule has 20 heavy (non-hydrogen) atoms. The summed E-state index contributed by atoms with van der Waals surface area (Å²) in [6, 6.07) is 9.90. The van der Waals surface area contributed by atoms with Crippen LogP contribution in [0.25, 0.3) is 0 Å². The zero-order chi connectivity index (χ0) is 14.5. The fourth-order valence-corrected chi connectivity index (χ4v) is 1.78. The maximum atomic E-state index is 13.5. The summed E-state index contributed by atoms with van der Waals surface area (Å²) in [6.07, 6.45) is 0. The number of carbonyl (C=O) groups excluding carboxylic acids is 1. The molecule has 104 valence electrons. The lowest BCUT2D eigenvalue weighted by molar-refractivity contribution is 0.0602. The fraction of sp³-hybridized carbons (Fsp3) is 0.133. The third-order valence-electron chi connectivity index (χ3n) is 2.81. The van der Waals surface area contributed by atoms with Gasteiger partial charge in [-0.3, -0.25) is 0 Å². The minimum absolute atomic E-state index is 0.139. The van der Waals surface area contributed by atoms with Gasteiger partial charge in [0.05, 0.1) is 18.4 Å². The van der Waals surface area contributed by atoms with Gasteiger partial charge in [-0.1, -0.05) is 18.2 Å². The van der Waals surface area contributed by atoms with Gasteiger partial charge in [0, 0.05) is 12.1 Å². The van der Waals surface area contributed by atoms with Crippen molar-refractivity contribution < 1.29 is 18.3 Å². The highest BCUT2D eigenvalue weighted by molar-refractivity contribution is 5.95. The summed E-state index contributed by atoms with van der Waals surface area (Å²) in [5.74, 6) is -1.44. The first-order valence-corrected chi connectivity index (χ1v) is 5.97. The van der Waals surface area contributed by atoms with Gasteiger partial charge >= 0.3 is 5.97 Å². The molecule has 0 atom stereocenters. The zero-order valence-electron chi connectivity index (χ0n) is 10.8. The van der Waals surface area contributed by atoms with E-state index in [9.17, 15) is 13.6 Å². The number of carbonyl (C=O) groups is 1. The molecule has 1 N–H and O–H groups in total. The third-order valence-corrected chi connectivity index (χ3v) is 2.81. The largest absolute Gasteiger partial charge is 0.465 e. The van der Waals surface area contributed by atoms with Gasteiger partial charge in [-0.15, -0.1) is 0 Å². The Labute approximate surface area is 115 Å². The van der Waals surface area contributed by atoms with Crippen LogP contribution in [0.15, 0.2) is 42.5 Å². The van der Waals surface area contributed by atoms with E-state index in [4.69, 9.17) is 0 Å². The fourth-order valence-electron chi connectivity index (χ4n) is 1.78. The van der Waals surface area contributed by atoms with Crippen molar-refractivity contribution in [3.63, 3.8) is 0 Å². The Morgan fingerprint density at radius 3 is 2.65 bits per heavy atom. The molecule has 0 amide bonds. The Balaban J connectivity index is 2.22. The number of benzene rings is 2. The van der Waals surface area contributed by atoms with Gasteiger partial charge in [0.25, 0.3) is 0 Å². The second kappa shape index (κ2) is 6.14. The van der Waals surface area contributed by atoms with Crippen molar-refractivity contribution in [3.8, 4) is 0 Å². The molecule has 0 aliphatic heterocycles. The highest BCUT2D eigenvalue weighted by atomic mass is 19.1. The second-order valence-corrected chi connectivity index (χ2v) is 4.13. The van der Waals surface area contributed by atoms with Gasteiger partial charge in [0.2, 0.25) is 0 Å². The SMILES string of the molecule is COC(=O)c1ccc(F)cc1NCc1ccccc1F. The molecule has 2 aromatic carbocycles. The number of halogens is 2. The van der Waals surface area contributed by atoms with Gasteiger partial charge in [-0.25, -0.2) is 13.6 Å². The van der Waals surface area contributed by atoms with E-state index in [0.717, 1.165) is 0 Å². The first-order valence-electron chi connectivity index (χ1n) is 5.97. The van der Waals surface area contributed by atoms with Crippen LogP contribution in [0.5, 0.6) is 0 Å². The van der Waals surface area contributed by atoms with Crippen molar-refractivity contribution in [3.05, 3.63) is 65.2 Å². The topological polar surface area (TPSA) is 38.3 Å². The Morgan fingerprint density at radius 1 is 1.20 bits per heavy atom. The maximum Gasteiger partial charge on any atom is 0.339 e. The molecule has 0 saturated carbocycles. The summed E-state index contributed by atoms with van der Waals surface area (Å²) < 4.78 is 31.4. The molecule has 0 aliphatic rings. The first kappa shape index (κ1) is 14.0. The van der Waals surface area contributed by atoms with Crippen molar-refractivity contribution in [1.82, 2.24) is 0 Å². The molecule has 5 heteroatoms. The van der Waals surface area contributed by atoms with Crippen LogP contribution in [-0.4, -0.2) is 13.1 Å². The van der Waals surface area contributed by atoms with Crippen molar-refractivity contribution in [1.29, 1.82) is 0 Å². The molecular formula is C15H13F2NO2. The van der Waals surface area contributed by atoms with Gasteiger partial charge in [0.1, 0.15) is 11.6 Å². The third kappa shape index (κ3) is 3.12. The molecule has 0 unspecified atom stereocenters. The van der Waals surface area contributed by atoms with Crippen molar-refractivity contribution >= 4 is 11.7 Å². The number of hydrogen-bond donors (Lipinski definition) is 1. The number of methoxy groups -OCH3 is 1. The summed E-state index contributed by atoms with van der Waals surface area (Å²) >= 11 is 0. The standard InChI is InChI=1S/C15H13F2NO2/c1-20-15(19)12-7-6-11(16)8-14(12)18-9-10-4-2-3-5-13(10)17/h2-8,18H,9H2,1H3. The predicted octanol–water partition coefficient (Wildman–Crippen LogP) is 3.36. The van der Waals surface area contributed by atoms with Crippen LogP contribution in [0.3, 0.4) is 0 Å². The van der Waals surface area contributed by atoms with E-state index in [1.54, 1.807) is 18.2 Å². The summed E-state index contributed by atoms with van der Waals surface area (Å²) in [5.41, 5.74) is 0.887. The average Bonchev–Trinajstić information content (AvgIpc) is 2.46. The van der Waals surface area contributed by atoms with E-state index in [2.05, 4.69) is 10.1 Å². The number of esters is 1. The second-order valence-electron chi connectivity index (χ2n) is 4.13. The number of hydrogen-bond acceptors (Lipinski definition) is 3. The minimum Gasteiger partial charge on any atom is -0.465 e. The average molecular weight is 277 g/mol. The van der Waals surface area contributed by atoms with Crippen LogP contribution < -0.4 is 5.32 Å². The molecule has 0 aromatic heterocycles. The summed E-state index contributed by atoms with van der Waals surface area (Å²) in [4.78, 5) is 11.6. The van der Waals surface area contributed by atoms with Gasteiger partial charge < -0.3 is 10.1 Å². The molecule has 0 spiro atoms. The van der Waals surface area contributed by atoms with Gasteiger partial charge in [-0.05, 0) is 24.3 Å². The normalized spacial score (nSPS) is 10.2. The predicted molar refractivity (Wildman–Crippen MR) is 71.5 cm³/mol. The molecule has 2 rings (SSSR count). The van der Waals surface area contributed by atoms with Crippen molar-refractivity contribution in [2.45, 2.75) is 6.54 Å². The molecule has 3 nitrogen and oxygen atoms in total. The first-order chi connectivity index (χ1) is 9.61. The Kier molecular flexibility index (Phi) is 4.30. The minimum atomic E-state index is -0.582. The number of rotatable bonds is 4. The lowest BCUT2D eigenvalue weighted by atomic mass is 10.1. The van der Waals surface area contributed by atoms with E-state index >= 15 is 0 Å². The quantitative estimate of drug-likeness (QED) is 0.871. The highest BCUT2D eigenvalue weighted by Crippen LogP contribution is 2.19. The zero-order valence-corrected chi connectivity index (χ0v) is 10.8. The van der Waals surface area contributed by atoms with Gasteiger partial charge in [0.15, 0.2) is 0 Å². The monoisotopic (exact) mass is 277 g/mol. The van der Waals surface area contributed by atoms with Crippen LogP contribution in [0.1, 0.15) is 15.9 Å². The molecule has 0 radical (unpaired) electrons. The summed E-state index contributed by atoms with van der Waals surface area (Å²) in [6.45, 7) is 0.139.